The van der Waals surface area contributed by atoms with Crippen LogP contribution in [0.5, 0.6) is 0 Å². The monoisotopic (exact) mass is 532 g/mol. The fourth-order valence-electron chi connectivity index (χ4n) is 5.08. The van der Waals surface area contributed by atoms with Crippen molar-refractivity contribution in [2.45, 2.75) is 26.2 Å². The number of aliphatic hydroxyl groups excluding tert-OH is 1. The highest BCUT2D eigenvalue weighted by atomic mass is 16.3. The average molecular weight is 533 g/mol. The third-order valence-corrected chi connectivity index (χ3v) is 7.02. The normalized spacial score (nSPS) is 14.1. The Balaban J connectivity index is 1.59. The Morgan fingerprint density at radius 3 is 2.60 bits per heavy atom. The van der Waals surface area contributed by atoms with Crippen LogP contribution in [0.1, 0.15) is 31.7 Å². The molecule has 0 unspecified atom stereocenters. The van der Waals surface area contributed by atoms with Gasteiger partial charge >= 0.3 is 0 Å². The number of amides is 2. The molecule has 0 fully saturated rings. The second-order valence-electron chi connectivity index (χ2n) is 9.69. The van der Waals surface area contributed by atoms with E-state index in [1.807, 2.05) is 78.4 Å². The summed E-state index contributed by atoms with van der Waals surface area (Å²) >= 11 is 0. The molecule has 7 heteroatoms. The Hall–Kier alpha value is -4.75. The summed E-state index contributed by atoms with van der Waals surface area (Å²) in [6.07, 6.45) is 9.19. The van der Waals surface area contributed by atoms with Gasteiger partial charge in [-0.25, -0.2) is 0 Å². The third kappa shape index (κ3) is 5.37. The zero-order chi connectivity index (χ0) is 28.1. The second kappa shape index (κ2) is 12.0. The van der Waals surface area contributed by atoms with Gasteiger partial charge in [-0.3, -0.25) is 14.9 Å². The molecule has 4 aromatic rings. The first kappa shape index (κ1) is 26.8. The maximum atomic E-state index is 13.2. The van der Waals surface area contributed by atoms with E-state index in [2.05, 4.69) is 34.9 Å². The van der Waals surface area contributed by atoms with Gasteiger partial charge in [0.25, 0.3) is 11.8 Å². The predicted molar refractivity (Wildman–Crippen MR) is 160 cm³/mol. The molecule has 0 atom stereocenters. The first-order chi connectivity index (χ1) is 19.5. The summed E-state index contributed by atoms with van der Waals surface area (Å²) in [5, 5.41) is 26.9. The highest BCUT2D eigenvalue weighted by Crippen LogP contribution is 2.35. The number of para-hydroxylation sites is 1. The molecule has 0 saturated heterocycles. The first-order valence-electron chi connectivity index (χ1n) is 13.4. The van der Waals surface area contributed by atoms with E-state index >= 15 is 0 Å². The maximum absolute atomic E-state index is 13.2. The van der Waals surface area contributed by atoms with Crippen molar-refractivity contribution in [1.29, 1.82) is 5.41 Å². The van der Waals surface area contributed by atoms with E-state index in [0.29, 0.717) is 24.9 Å². The number of fused-ring (bicyclic) bond motifs is 2. The summed E-state index contributed by atoms with van der Waals surface area (Å²) < 4.78 is 2.03. The lowest BCUT2D eigenvalue weighted by Gasteiger charge is -2.12. The molecule has 0 saturated carbocycles. The number of hydrogen-bond acceptors (Lipinski definition) is 5. The first-order valence-corrected chi connectivity index (χ1v) is 13.4. The van der Waals surface area contributed by atoms with Crippen LogP contribution in [0.15, 0.2) is 102 Å². The number of benzene rings is 3. The number of nitrogens with one attached hydrogen (secondary N) is 3. The fraction of sp³-hybridized carbons (Fsp3) is 0.182. The molecule has 4 N–H and O–H groups in total. The SMILES string of the molecule is C/C=C\C/C=C(\CC(=N)C1=C(c2cn(-c3ccc4ccccc4c3)c3ccccc23)C(=O)NC1=O)NCCCO. The minimum atomic E-state index is -0.560. The molecule has 1 aromatic heterocycles. The zero-order valence-corrected chi connectivity index (χ0v) is 22.4. The Bertz CT molecular complexity index is 1710. The van der Waals surface area contributed by atoms with Gasteiger partial charge in [0, 0.05) is 48.1 Å². The van der Waals surface area contributed by atoms with Gasteiger partial charge < -0.3 is 20.4 Å². The van der Waals surface area contributed by atoms with E-state index in [4.69, 9.17) is 5.41 Å². The van der Waals surface area contributed by atoms with Crippen molar-refractivity contribution in [1.82, 2.24) is 15.2 Å². The Morgan fingerprint density at radius 2 is 1.80 bits per heavy atom. The quantitative estimate of drug-likeness (QED) is 0.0895. The molecular formula is C33H32N4O3. The van der Waals surface area contributed by atoms with Gasteiger partial charge in [0.05, 0.1) is 22.4 Å². The molecule has 202 valence electrons. The molecule has 1 aliphatic heterocycles. The third-order valence-electron chi connectivity index (χ3n) is 7.02. The Kier molecular flexibility index (Phi) is 8.03. The highest BCUT2D eigenvalue weighted by molar-refractivity contribution is 6.45. The molecule has 2 amide bonds. The number of aromatic nitrogens is 1. The number of hydrogen-bond donors (Lipinski definition) is 4. The van der Waals surface area contributed by atoms with Crippen LogP contribution in [0.4, 0.5) is 0 Å². The number of allylic oxidation sites excluding steroid dienone is 4. The van der Waals surface area contributed by atoms with Gasteiger partial charge in [0.1, 0.15) is 0 Å². The number of nitrogens with zero attached hydrogens (tertiary/aromatic N) is 1. The summed E-state index contributed by atoms with van der Waals surface area (Å²) in [7, 11) is 0. The predicted octanol–water partition coefficient (Wildman–Crippen LogP) is 5.43. The van der Waals surface area contributed by atoms with Crippen LogP contribution in [0.25, 0.3) is 32.9 Å². The van der Waals surface area contributed by atoms with E-state index in [1.54, 1.807) is 0 Å². The summed E-state index contributed by atoms with van der Waals surface area (Å²) in [4.78, 5) is 26.3. The summed E-state index contributed by atoms with van der Waals surface area (Å²) in [6.45, 7) is 2.54. The standard InChI is InChI=1S/C33H32N4O3/c1-2-3-4-12-24(35-17-9-18-38)20-28(34)31-30(32(39)36-33(31)40)27-21-37(29-14-8-7-13-26(27)29)25-16-15-22-10-5-6-11-23(22)19-25/h2-3,5-8,10-16,19,21,34-35,38H,4,9,17-18,20H2,1H3,(H,36,39,40)/b3-2-,24-12+,34-28?. The summed E-state index contributed by atoms with van der Waals surface area (Å²) in [6, 6.07) is 22.1. The van der Waals surface area contributed by atoms with Gasteiger partial charge in [0.2, 0.25) is 0 Å². The van der Waals surface area contributed by atoms with Crippen molar-refractivity contribution in [3.63, 3.8) is 0 Å². The lowest BCUT2D eigenvalue weighted by molar-refractivity contribution is -0.123. The number of aliphatic hydroxyl groups is 1. The van der Waals surface area contributed by atoms with Crippen LogP contribution in [-0.4, -0.2) is 40.4 Å². The lowest BCUT2D eigenvalue weighted by atomic mass is 9.96. The van der Waals surface area contributed by atoms with Crippen LogP contribution in [0, 0.1) is 5.41 Å². The summed E-state index contributed by atoms with van der Waals surface area (Å²) in [5.41, 5.74) is 3.58. The molecule has 7 nitrogen and oxygen atoms in total. The lowest BCUT2D eigenvalue weighted by Crippen LogP contribution is -2.25. The van der Waals surface area contributed by atoms with Crippen molar-refractivity contribution >= 4 is 44.8 Å². The fourth-order valence-corrected chi connectivity index (χ4v) is 5.08. The van der Waals surface area contributed by atoms with Gasteiger partial charge in [-0.05, 0) is 48.7 Å². The molecule has 0 spiro atoms. The molecule has 5 rings (SSSR count). The van der Waals surface area contributed by atoms with E-state index in [1.165, 1.54) is 0 Å². The van der Waals surface area contributed by atoms with E-state index in [-0.39, 0.29) is 29.9 Å². The molecule has 40 heavy (non-hydrogen) atoms. The average Bonchev–Trinajstić information content (AvgIpc) is 3.48. The smallest absolute Gasteiger partial charge is 0.260 e. The minimum absolute atomic E-state index is 0.0556. The highest BCUT2D eigenvalue weighted by Gasteiger charge is 2.35. The van der Waals surface area contributed by atoms with E-state index in [9.17, 15) is 14.7 Å². The van der Waals surface area contributed by atoms with Crippen LogP contribution in [-0.2, 0) is 9.59 Å². The molecule has 0 bridgehead atoms. The van der Waals surface area contributed by atoms with E-state index < -0.39 is 11.8 Å². The molecule has 2 heterocycles. The van der Waals surface area contributed by atoms with Gasteiger partial charge in [-0.15, -0.1) is 0 Å². The van der Waals surface area contributed by atoms with Crippen LogP contribution < -0.4 is 10.6 Å². The molecular weight excluding hydrogens is 500 g/mol. The van der Waals surface area contributed by atoms with Gasteiger partial charge in [0.15, 0.2) is 0 Å². The maximum Gasteiger partial charge on any atom is 0.260 e. The number of imide groups is 1. The largest absolute Gasteiger partial charge is 0.396 e. The molecule has 3 aromatic carbocycles. The van der Waals surface area contributed by atoms with Crippen molar-refractivity contribution < 1.29 is 14.7 Å². The number of rotatable bonds is 11. The van der Waals surface area contributed by atoms with Crippen molar-refractivity contribution in [2.24, 2.45) is 0 Å². The minimum Gasteiger partial charge on any atom is -0.396 e. The Morgan fingerprint density at radius 1 is 1.02 bits per heavy atom. The summed E-state index contributed by atoms with van der Waals surface area (Å²) in [5.74, 6) is -1.06. The molecule has 0 radical (unpaired) electrons. The topological polar surface area (TPSA) is 107 Å². The van der Waals surface area contributed by atoms with Crippen molar-refractivity contribution in [3.05, 3.63) is 108 Å². The molecule has 1 aliphatic rings. The molecule has 0 aliphatic carbocycles. The van der Waals surface area contributed by atoms with Gasteiger partial charge in [-0.2, -0.15) is 0 Å². The van der Waals surface area contributed by atoms with E-state index in [0.717, 1.165) is 33.1 Å². The van der Waals surface area contributed by atoms with Crippen LogP contribution in [0.3, 0.4) is 0 Å². The second-order valence-corrected chi connectivity index (χ2v) is 9.69. The number of carbonyl (C=O) groups excluding carboxylic acids is 2. The van der Waals surface area contributed by atoms with Crippen molar-refractivity contribution in [3.8, 4) is 5.69 Å². The van der Waals surface area contributed by atoms with Crippen LogP contribution in [0.2, 0.25) is 0 Å². The number of carbonyl (C=O) groups is 2. The van der Waals surface area contributed by atoms with Crippen molar-refractivity contribution in [2.75, 3.05) is 13.2 Å². The Labute approximate surface area is 233 Å². The zero-order valence-electron chi connectivity index (χ0n) is 22.4. The van der Waals surface area contributed by atoms with Crippen LogP contribution >= 0.6 is 0 Å². The van der Waals surface area contributed by atoms with Gasteiger partial charge in [-0.1, -0.05) is 66.8 Å².